The van der Waals surface area contributed by atoms with Gasteiger partial charge in [-0.05, 0) is 20.3 Å². The quantitative estimate of drug-likeness (QED) is 0.718. The molecule has 122 valence electrons. The molecule has 23 heavy (non-hydrogen) atoms. The molecular formula is C16H23N7. The average molecular weight is 313 g/mol. The Morgan fingerprint density at radius 2 is 1.96 bits per heavy atom. The highest BCUT2D eigenvalue weighted by Gasteiger charge is 2.16. The third-order valence-electron chi connectivity index (χ3n) is 4.13. The van der Waals surface area contributed by atoms with E-state index in [1.165, 1.54) is 0 Å². The first-order chi connectivity index (χ1) is 11.0. The molecule has 0 aromatic carbocycles. The standard InChI is InChI=1S/C16H23N7/c1-11-14-15(18-12(2)19-16(14)23(5)20-11)22(4)9-6-7-13-17-8-10-21(13)3/h8,10H,6-7,9H2,1-5H3. The van der Waals surface area contributed by atoms with Gasteiger partial charge >= 0.3 is 0 Å². The zero-order chi connectivity index (χ0) is 16.6. The SMILES string of the molecule is Cc1nc(N(C)CCCc2nccn2C)c2c(C)nn(C)c2n1. The van der Waals surface area contributed by atoms with Gasteiger partial charge in [0.25, 0.3) is 0 Å². The van der Waals surface area contributed by atoms with Crippen molar-refractivity contribution in [3.63, 3.8) is 0 Å². The molecule has 0 amide bonds. The number of imidazole rings is 1. The van der Waals surface area contributed by atoms with Gasteiger partial charge in [-0.1, -0.05) is 0 Å². The lowest BCUT2D eigenvalue weighted by Crippen LogP contribution is -2.21. The lowest BCUT2D eigenvalue weighted by Gasteiger charge is -2.19. The summed E-state index contributed by atoms with van der Waals surface area (Å²) in [6.07, 6.45) is 5.79. The molecule has 0 aliphatic heterocycles. The smallest absolute Gasteiger partial charge is 0.163 e. The minimum absolute atomic E-state index is 0.770. The van der Waals surface area contributed by atoms with Gasteiger partial charge in [-0.15, -0.1) is 0 Å². The normalized spacial score (nSPS) is 11.3. The molecule has 0 bridgehead atoms. The summed E-state index contributed by atoms with van der Waals surface area (Å²) in [5, 5.41) is 5.52. The van der Waals surface area contributed by atoms with E-state index in [1.54, 1.807) is 0 Å². The largest absolute Gasteiger partial charge is 0.359 e. The van der Waals surface area contributed by atoms with Crippen molar-refractivity contribution < 1.29 is 0 Å². The Hall–Kier alpha value is -2.44. The maximum Gasteiger partial charge on any atom is 0.163 e. The number of hydrogen-bond acceptors (Lipinski definition) is 5. The molecule has 0 aliphatic rings. The monoisotopic (exact) mass is 313 g/mol. The van der Waals surface area contributed by atoms with Crippen LogP contribution in [0, 0.1) is 13.8 Å². The van der Waals surface area contributed by atoms with Crippen molar-refractivity contribution in [1.29, 1.82) is 0 Å². The third kappa shape index (κ3) is 2.91. The number of rotatable bonds is 5. The van der Waals surface area contributed by atoms with Crippen LogP contribution in [-0.2, 0) is 20.5 Å². The molecule has 3 aromatic rings. The lowest BCUT2D eigenvalue weighted by molar-refractivity contribution is 0.710. The molecule has 0 saturated carbocycles. The first kappa shape index (κ1) is 15.5. The van der Waals surface area contributed by atoms with Crippen molar-refractivity contribution in [2.75, 3.05) is 18.5 Å². The van der Waals surface area contributed by atoms with Gasteiger partial charge in [0.2, 0.25) is 0 Å². The van der Waals surface area contributed by atoms with E-state index in [0.29, 0.717) is 0 Å². The Bertz CT molecular complexity index is 830. The fourth-order valence-electron chi connectivity index (χ4n) is 2.92. The summed E-state index contributed by atoms with van der Waals surface area (Å²) >= 11 is 0. The first-order valence-corrected chi connectivity index (χ1v) is 7.82. The third-order valence-corrected chi connectivity index (χ3v) is 4.13. The zero-order valence-electron chi connectivity index (χ0n) is 14.4. The highest BCUT2D eigenvalue weighted by Crippen LogP contribution is 2.26. The van der Waals surface area contributed by atoms with Gasteiger partial charge in [0.15, 0.2) is 5.65 Å². The van der Waals surface area contributed by atoms with Crippen molar-refractivity contribution in [2.24, 2.45) is 14.1 Å². The van der Waals surface area contributed by atoms with Gasteiger partial charge in [0, 0.05) is 46.5 Å². The Morgan fingerprint density at radius 3 is 2.65 bits per heavy atom. The van der Waals surface area contributed by atoms with Gasteiger partial charge < -0.3 is 9.47 Å². The molecule has 0 N–H and O–H groups in total. The van der Waals surface area contributed by atoms with E-state index >= 15 is 0 Å². The van der Waals surface area contributed by atoms with Crippen molar-refractivity contribution in [2.45, 2.75) is 26.7 Å². The fourth-order valence-corrected chi connectivity index (χ4v) is 2.92. The van der Waals surface area contributed by atoms with Gasteiger partial charge in [0.1, 0.15) is 17.5 Å². The van der Waals surface area contributed by atoms with Crippen molar-refractivity contribution in [3.05, 3.63) is 29.7 Å². The second-order valence-corrected chi connectivity index (χ2v) is 5.98. The summed E-state index contributed by atoms with van der Waals surface area (Å²) in [4.78, 5) is 15.7. The van der Waals surface area contributed by atoms with Crippen molar-refractivity contribution >= 4 is 16.9 Å². The fraction of sp³-hybridized carbons (Fsp3) is 0.500. The van der Waals surface area contributed by atoms with E-state index in [0.717, 1.165) is 53.6 Å². The molecule has 0 atom stereocenters. The molecule has 3 rings (SSSR count). The Labute approximate surface area is 136 Å². The van der Waals surface area contributed by atoms with Gasteiger partial charge in [-0.2, -0.15) is 5.10 Å². The van der Waals surface area contributed by atoms with Crippen LogP contribution in [0.25, 0.3) is 11.0 Å². The minimum atomic E-state index is 0.770. The predicted molar refractivity (Wildman–Crippen MR) is 90.6 cm³/mol. The topological polar surface area (TPSA) is 64.7 Å². The Morgan fingerprint density at radius 1 is 1.17 bits per heavy atom. The van der Waals surface area contributed by atoms with E-state index in [-0.39, 0.29) is 0 Å². The van der Waals surface area contributed by atoms with Gasteiger partial charge in [-0.3, -0.25) is 4.68 Å². The van der Waals surface area contributed by atoms with Gasteiger partial charge in [0.05, 0.1) is 11.1 Å². The van der Waals surface area contributed by atoms with Crippen LogP contribution in [0.3, 0.4) is 0 Å². The molecule has 7 heteroatoms. The molecule has 0 saturated heterocycles. The van der Waals surface area contributed by atoms with Crippen LogP contribution in [0.5, 0.6) is 0 Å². The van der Waals surface area contributed by atoms with Gasteiger partial charge in [-0.25, -0.2) is 15.0 Å². The number of aromatic nitrogens is 6. The van der Waals surface area contributed by atoms with E-state index in [9.17, 15) is 0 Å². The second kappa shape index (κ2) is 5.98. The van der Waals surface area contributed by atoms with E-state index in [4.69, 9.17) is 0 Å². The molecular weight excluding hydrogens is 290 g/mol. The summed E-state index contributed by atoms with van der Waals surface area (Å²) < 4.78 is 3.89. The Kier molecular flexibility index (Phi) is 4.02. The molecule has 0 unspecified atom stereocenters. The number of fused-ring (bicyclic) bond motifs is 1. The summed E-state index contributed by atoms with van der Waals surface area (Å²) in [7, 11) is 6.03. The summed E-state index contributed by atoms with van der Waals surface area (Å²) in [5.74, 6) is 2.84. The summed E-state index contributed by atoms with van der Waals surface area (Å²) in [5.41, 5.74) is 1.86. The van der Waals surface area contributed by atoms with Crippen molar-refractivity contribution in [1.82, 2.24) is 29.3 Å². The average Bonchev–Trinajstić information content (AvgIpc) is 3.02. The molecule has 3 aromatic heterocycles. The minimum Gasteiger partial charge on any atom is -0.359 e. The Balaban J connectivity index is 1.80. The van der Waals surface area contributed by atoms with Crippen LogP contribution in [0.1, 0.15) is 23.8 Å². The highest BCUT2D eigenvalue weighted by molar-refractivity contribution is 5.89. The van der Waals surface area contributed by atoms with Crippen molar-refractivity contribution in [3.8, 4) is 0 Å². The predicted octanol–water partition coefficient (Wildman–Crippen LogP) is 1.78. The maximum absolute atomic E-state index is 4.65. The van der Waals surface area contributed by atoms with Crippen LogP contribution >= 0.6 is 0 Å². The molecule has 0 spiro atoms. The summed E-state index contributed by atoms with van der Waals surface area (Å²) in [6.45, 7) is 4.84. The maximum atomic E-state index is 4.65. The first-order valence-electron chi connectivity index (χ1n) is 7.82. The zero-order valence-corrected chi connectivity index (χ0v) is 14.4. The molecule has 7 nitrogen and oxygen atoms in total. The summed E-state index contributed by atoms with van der Waals surface area (Å²) in [6, 6.07) is 0. The number of aryl methyl sites for hydroxylation is 5. The van der Waals surface area contributed by atoms with E-state index in [1.807, 2.05) is 45.0 Å². The van der Waals surface area contributed by atoms with Crippen LogP contribution in [0.15, 0.2) is 12.4 Å². The number of nitrogens with zero attached hydrogens (tertiary/aromatic N) is 7. The molecule has 0 fully saturated rings. The number of hydrogen-bond donors (Lipinski definition) is 0. The lowest BCUT2D eigenvalue weighted by atomic mass is 10.2. The molecule has 0 radical (unpaired) electrons. The highest BCUT2D eigenvalue weighted by atomic mass is 15.3. The van der Waals surface area contributed by atoms with Crippen LogP contribution in [0.4, 0.5) is 5.82 Å². The molecule has 3 heterocycles. The second-order valence-electron chi connectivity index (χ2n) is 5.98. The van der Waals surface area contributed by atoms with Crippen LogP contribution in [0.2, 0.25) is 0 Å². The van der Waals surface area contributed by atoms with Crippen LogP contribution in [-0.4, -0.2) is 42.9 Å². The van der Waals surface area contributed by atoms with Crippen LogP contribution < -0.4 is 4.90 Å². The molecule has 0 aliphatic carbocycles. The van der Waals surface area contributed by atoms with E-state index in [2.05, 4.69) is 36.6 Å². The van der Waals surface area contributed by atoms with E-state index < -0.39 is 0 Å². The number of anilines is 1.